The molecule has 0 aromatic carbocycles. The molecule has 1 saturated heterocycles. The normalized spacial score (nSPS) is 12.5. The van der Waals surface area contributed by atoms with Gasteiger partial charge in [-0.3, -0.25) is 18.9 Å². The Hall–Kier alpha value is -7.02. The van der Waals surface area contributed by atoms with Crippen molar-refractivity contribution in [3.05, 3.63) is 85.7 Å². The Morgan fingerprint density at radius 1 is 0.667 bits per heavy atom. The molecule has 19 heteroatoms. The van der Waals surface area contributed by atoms with E-state index in [1.165, 1.54) is 31.3 Å². The van der Waals surface area contributed by atoms with Crippen molar-refractivity contribution < 1.29 is 22.7 Å². The van der Waals surface area contributed by atoms with Gasteiger partial charge in [0.05, 0.1) is 22.4 Å². The smallest absolute Gasteiger partial charge is 0.381 e. The summed E-state index contributed by atoms with van der Waals surface area (Å²) in [6.07, 6.45) is 6.87. The predicted molar refractivity (Wildman–Crippen MR) is 198 cm³/mol. The first-order chi connectivity index (χ1) is 25.6. The Bertz CT molecular complexity index is 2600. The molecule has 1 aliphatic heterocycles. The van der Waals surface area contributed by atoms with Gasteiger partial charge in [0.25, 0.3) is 0 Å². The first kappa shape index (κ1) is 36.8. The summed E-state index contributed by atoms with van der Waals surface area (Å²) in [5.41, 5.74) is 22.9. The predicted octanol–water partition coefficient (Wildman–Crippen LogP) is 5.36. The minimum Gasteiger partial charge on any atom is -0.381 e. The van der Waals surface area contributed by atoms with Crippen LogP contribution in [-0.2, 0) is 9.53 Å². The van der Waals surface area contributed by atoms with E-state index >= 15 is 0 Å². The summed E-state index contributed by atoms with van der Waals surface area (Å²) in [4.78, 5) is 44.0. The molecule has 8 aromatic heterocycles. The SMILES string of the molecule is C.C1CCOC1.Nc1nccc(-c2c3cccnc3n3c(N)nccc23)n1.Nc1nccc2c(-c3ccnc(NC(=O)C(F)(F)F)n3)c3cccnc3n12. The van der Waals surface area contributed by atoms with Crippen LogP contribution in [0.1, 0.15) is 20.3 Å². The van der Waals surface area contributed by atoms with Gasteiger partial charge in [-0.2, -0.15) is 13.2 Å². The van der Waals surface area contributed by atoms with E-state index in [0.29, 0.717) is 33.8 Å². The third kappa shape index (κ3) is 7.19. The van der Waals surface area contributed by atoms with Crippen LogP contribution in [0.5, 0.6) is 0 Å². The number of anilines is 4. The van der Waals surface area contributed by atoms with Crippen LogP contribution in [0.15, 0.2) is 85.7 Å². The molecule has 1 amide bonds. The van der Waals surface area contributed by atoms with Gasteiger partial charge in [-0.1, -0.05) is 7.43 Å². The van der Waals surface area contributed by atoms with Crippen molar-refractivity contribution in [1.82, 2.24) is 48.7 Å². The third-order valence-electron chi connectivity index (χ3n) is 8.02. The highest BCUT2D eigenvalue weighted by molar-refractivity contribution is 6.05. The molecule has 0 saturated carbocycles. The highest BCUT2D eigenvalue weighted by Crippen LogP contribution is 2.36. The molecule has 16 nitrogen and oxygen atoms in total. The number of ether oxygens (including phenoxy) is 1. The van der Waals surface area contributed by atoms with E-state index in [4.69, 9.17) is 21.9 Å². The molecule has 0 radical (unpaired) electrons. The molecule has 1 fully saturated rings. The van der Waals surface area contributed by atoms with Gasteiger partial charge in [0.1, 0.15) is 11.3 Å². The second kappa shape index (κ2) is 15.3. The van der Waals surface area contributed by atoms with E-state index in [2.05, 4.69) is 39.9 Å². The van der Waals surface area contributed by atoms with E-state index in [0.717, 1.165) is 41.0 Å². The summed E-state index contributed by atoms with van der Waals surface area (Å²) in [6, 6.07) is 14.2. The van der Waals surface area contributed by atoms with Crippen molar-refractivity contribution in [3.63, 3.8) is 0 Å². The Labute approximate surface area is 304 Å². The third-order valence-corrected chi connectivity index (χ3v) is 8.02. The number of nitrogens with zero attached hydrogens (tertiary/aromatic N) is 10. The van der Waals surface area contributed by atoms with Gasteiger partial charge < -0.3 is 21.9 Å². The van der Waals surface area contributed by atoms with E-state index in [9.17, 15) is 18.0 Å². The van der Waals surface area contributed by atoms with E-state index in [-0.39, 0.29) is 19.3 Å². The van der Waals surface area contributed by atoms with Crippen LogP contribution in [0, 0.1) is 0 Å². The van der Waals surface area contributed by atoms with Crippen molar-refractivity contribution in [2.45, 2.75) is 26.4 Å². The maximum absolute atomic E-state index is 12.5. The molecule has 8 aromatic rings. The topological polar surface area (TPSA) is 228 Å². The standard InChI is InChI=1S/C16H10F3N7O.C14H11N7.C4H8O.CH4/c17-16(18,19)13(27)25-15-23-6-3-9(24-15)11-8-2-1-5-21-12(8)26-10(11)4-7-22-14(26)20;15-13-18-6-3-9(20-13)11-8-2-1-5-17-12(8)21-10(11)4-7-19-14(21)16;1-2-4-5-3-1;/h1-7H,(H2,20,22)(H,23,24,25,27);1-7H,(H2,16,19)(H2,15,18,20);1-4H2;1H4. The number of amides is 1. The molecular formula is C35H33F3N14O2. The molecule has 0 unspecified atom stereocenters. The second-order valence-electron chi connectivity index (χ2n) is 11.4. The molecule has 0 spiro atoms. The number of alkyl halides is 3. The fourth-order valence-electron chi connectivity index (χ4n) is 5.82. The van der Waals surface area contributed by atoms with Crippen molar-refractivity contribution in [2.24, 2.45) is 0 Å². The summed E-state index contributed by atoms with van der Waals surface area (Å²) in [5, 5.41) is 3.26. The highest BCUT2D eigenvalue weighted by atomic mass is 19.4. The number of nitrogens with one attached hydrogen (secondary N) is 1. The Balaban J connectivity index is 0.000000164. The average Bonchev–Trinajstić information content (AvgIpc) is 3.91. The summed E-state index contributed by atoms with van der Waals surface area (Å²) in [7, 11) is 0. The Kier molecular flexibility index (Phi) is 10.4. The maximum Gasteiger partial charge on any atom is 0.471 e. The lowest BCUT2D eigenvalue weighted by atomic mass is 10.1. The molecule has 9 heterocycles. The zero-order valence-corrected chi connectivity index (χ0v) is 27.6. The van der Waals surface area contributed by atoms with Crippen LogP contribution in [0.25, 0.3) is 55.6 Å². The number of aromatic nitrogens is 10. The summed E-state index contributed by atoms with van der Waals surface area (Å²) in [5.74, 6) is -1.81. The number of nitrogens with two attached hydrogens (primary N) is 3. The molecule has 1 aliphatic rings. The number of hydrogen-bond donors (Lipinski definition) is 4. The van der Waals surface area contributed by atoms with Gasteiger partial charge in [-0.15, -0.1) is 0 Å². The van der Waals surface area contributed by atoms with E-state index in [1.54, 1.807) is 52.7 Å². The van der Waals surface area contributed by atoms with Gasteiger partial charge in [-0.25, -0.2) is 39.9 Å². The van der Waals surface area contributed by atoms with E-state index in [1.807, 2.05) is 28.7 Å². The van der Waals surface area contributed by atoms with Gasteiger partial charge in [-0.05, 0) is 61.4 Å². The highest BCUT2D eigenvalue weighted by Gasteiger charge is 2.39. The molecule has 0 aliphatic carbocycles. The molecule has 0 atom stereocenters. The Morgan fingerprint density at radius 2 is 1.17 bits per heavy atom. The first-order valence-electron chi connectivity index (χ1n) is 16.0. The van der Waals surface area contributed by atoms with Crippen molar-refractivity contribution in [1.29, 1.82) is 0 Å². The number of halogens is 3. The van der Waals surface area contributed by atoms with Gasteiger partial charge in [0.15, 0.2) is 0 Å². The lowest BCUT2D eigenvalue weighted by molar-refractivity contribution is -0.167. The quantitative estimate of drug-likeness (QED) is 0.179. The molecule has 0 bridgehead atoms. The fraction of sp³-hybridized carbons (Fsp3) is 0.171. The van der Waals surface area contributed by atoms with Crippen LogP contribution in [0.4, 0.5) is 37.0 Å². The summed E-state index contributed by atoms with van der Waals surface area (Å²) >= 11 is 0. The number of carbonyl (C=O) groups excluding carboxylic acids is 1. The monoisotopic (exact) mass is 738 g/mol. The molecule has 9 rings (SSSR count). The molecule has 276 valence electrons. The maximum atomic E-state index is 12.5. The lowest BCUT2D eigenvalue weighted by Gasteiger charge is -2.07. The van der Waals surface area contributed by atoms with Crippen molar-refractivity contribution >= 4 is 62.8 Å². The van der Waals surface area contributed by atoms with Crippen molar-refractivity contribution in [3.8, 4) is 22.5 Å². The number of rotatable bonds is 3. The number of fused-ring (bicyclic) bond motifs is 6. The van der Waals surface area contributed by atoms with Gasteiger partial charge in [0.2, 0.25) is 23.8 Å². The minimum atomic E-state index is -5.04. The minimum absolute atomic E-state index is 0. The van der Waals surface area contributed by atoms with Gasteiger partial charge in [0, 0.05) is 72.3 Å². The largest absolute Gasteiger partial charge is 0.471 e. The van der Waals surface area contributed by atoms with Crippen LogP contribution in [0.2, 0.25) is 0 Å². The number of hydrogen-bond acceptors (Lipinski definition) is 13. The first-order valence-corrected chi connectivity index (χ1v) is 16.0. The fourth-order valence-corrected chi connectivity index (χ4v) is 5.82. The zero-order chi connectivity index (χ0) is 37.1. The van der Waals surface area contributed by atoms with Crippen LogP contribution in [0.3, 0.4) is 0 Å². The molecular weight excluding hydrogens is 705 g/mol. The number of nitrogen functional groups attached to an aromatic ring is 3. The van der Waals surface area contributed by atoms with Crippen molar-refractivity contribution in [2.75, 3.05) is 35.7 Å². The summed E-state index contributed by atoms with van der Waals surface area (Å²) < 4.78 is 45.8. The van der Waals surface area contributed by atoms with Gasteiger partial charge >= 0.3 is 12.1 Å². The Morgan fingerprint density at radius 3 is 1.65 bits per heavy atom. The van der Waals surface area contributed by atoms with Crippen LogP contribution < -0.4 is 22.5 Å². The lowest BCUT2D eigenvalue weighted by Crippen LogP contribution is -2.30. The zero-order valence-electron chi connectivity index (χ0n) is 27.6. The van der Waals surface area contributed by atoms with E-state index < -0.39 is 18.0 Å². The number of carbonyl (C=O) groups is 1. The average molecular weight is 739 g/mol. The second-order valence-corrected chi connectivity index (χ2v) is 11.4. The summed E-state index contributed by atoms with van der Waals surface area (Å²) in [6.45, 7) is 2.00. The number of pyridine rings is 2. The molecule has 7 N–H and O–H groups in total. The molecule has 54 heavy (non-hydrogen) atoms. The van der Waals surface area contributed by atoms with Crippen LogP contribution >= 0.6 is 0 Å². The van der Waals surface area contributed by atoms with Crippen LogP contribution in [-0.4, -0.2) is 74.0 Å².